The standard InChI is InChI=1S/CH2O4.H3N/c2-1(3)5-4;/h4H,(H,2,3);1H3. The van der Waals surface area contributed by atoms with Crippen LogP contribution in [0.2, 0.25) is 0 Å². The van der Waals surface area contributed by atoms with Gasteiger partial charge in [-0.25, -0.2) is 4.79 Å². The Balaban J connectivity index is 0. The van der Waals surface area contributed by atoms with Crippen molar-refractivity contribution in [2.24, 2.45) is 0 Å². The molecule has 0 aliphatic heterocycles. The lowest BCUT2D eigenvalue weighted by Gasteiger charge is -1.94. The zero-order chi connectivity index (χ0) is 4.28. The van der Waals surface area contributed by atoms with Crippen LogP contribution in [-0.2, 0) is 4.89 Å². The molecule has 6 heavy (non-hydrogen) atoms. The van der Waals surface area contributed by atoms with Gasteiger partial charge >= 0.3 is 6.16 Å². The van der Waals surface area contributed by atoms with Gasteiger partial charge in [0.05, 0.1) is 0 Å². The van der Waals surface area contributed by atoms with Crippen molar-refractivity contribution in [3.05, 3.63) is 0 Å². The first-order valence-corrected chi connectivity index (χ1v) is 0.799. The summed E-state index contributed by atoms with van der Waals surface area (Å²) in [6, 6.07) is 0. The molecular weight excluding hydrogens is 90.0 g/mol. The van der Waals surface area contributed by atoms with Gasteiger partial charge < -0.3 is 21.4 Å². The molecule has 0 spiro atoms. The van der Waals surface area contributed by atoms with E-state index in [9.17, 15) is 0 Å². The topological polar surface area (TPSA) is 106 Å². The minimum Gasteiger partial charge on any atom is -0.659 e. The lowest BCUT2D eigenvalue weighted by Crippen LogP contribution is -2.10. The quantitative estimate of drug-likeness (QED) is 0.307. The second-order valence-corrected chi connectivity index (χ2v) is 0.349. The molecule has 38 valence electrons. The summed E-state index contributed by atoms with van der Waals surface area (Å²) < 4.78 is 0. The average molecular weight is 95.1 g/mol. The van der Waals surface area contributed by atoms with Crippen molar-refractivity contribution < 1.29 is 20.0 Å². The monoisotopic (exact) mass is 95.0 g/mol. The van der Waals surface area contributed by atoms with Crippen molar-refractivity contribution in [3.63, 3.8) is 0 Å². The molecule has 0 fully saturated rings. The minimum absolute atomic E-state index is 0. The normalized spacial score (nSPS) is 5.50. The molecule has 0 heterocycles. The maximum absolute atomic E-state index is 8.83. The summed E-state index contributed by atoms with van der Waals surface area (Å²) in [4.78, 5) is 11.2. The Morgan fingerprint density at radius 1 is 1.83 bits per heavy atom. The number of carbonyl (C=O) groups is 1. The molecule has 0 saturated carbocycles. The van der Waals surface area contributed by atoms with Gasteiger partial charge in [-0.2, -0.15) is 0 Å². The van der Waals surface area contributed by atoms with Gasteiger partial charge in [0.15, 0.2) is 0 Å². The van der Waals surface area contributed by atoms with Gasteiger partial charge in [-0.15, -0.1) is 0 Å². The number of hydrogen-bond donors (Lipinski definition) is 2. The molecule has 0 aliphatic rings. The van der Waals surface area contributed by atoms with Crippen LogP contribution in [0.5, 0.6) is 0 Å². The smallest absolute Gasteiger partial charge is 0.499 e. The van der Waals surface area contributed by atoms with E-state index in [-0.39, 0.29) is 6.15 Å². The third-order valence-electron chi connectivity index (χ3n) is 0.0713. The van der Waals surface area contributed by atoms with Gasteiger partial charge in [0.1, 0.15) is 0 Å². The number of rotatable bonds is 0. The lowest BCUT2D eigenvalue weighted by atomic mass is 11.5. The molecule has 5 nitrogen and oxygen atoms in total. The first-order chi connectivity index (χ1) is 2.27. The Labute approximate surface area is 33.7 Å². The summed E-state index contributed by atoms with van der Waals surface area (Å²) in [6.45, 7) is 0. The molecule has 5 heteroatoms. The molecule has 0 aromatic heterocycles. The summed E-state index contributed by atoms with van der Waals surface area (Å²) >= 11 is 0. The fourth-order valence-corrected chi connectivity index (χ4v) is 0. The number of hydrogen-bond acceptors (Lipinski definition) is 3. The van der Waals surface area contributed by atoms with Crippen LogP contribution >= 0.6 is 0 Å². The molecule has 5 N–H and O–H groups in total. The van der Waals surface area contributed by atoms with Gasteiger partial charge in [-0.1, -0.05) is 0 Å². The molecule has 0 bridgehead atoms. The fourth-order valence-electron chi connectivity index (χ4n) is 0. The van der Waals surface area contributed by atoms with Crippen LogP contribution in [0, 0.1) is 0 Å². The Morgan fingerprint density at radius 2 is 2.00 bits per heavy atom. The van der Waals surface area contributed by atoms with Gasteiger partial charge in [-0.3, -0.25) is 0 Å². The molecule has 0 radical (unpaired) electrons. The van der Waals surface area contributed by atoms with Crippen LogP contribution in [0.25, 0.3) is 0 Å². The SMILES string of the molecule is O=C(O)O[O-].[NH4+]. The molecule has 0 rings (SSSR count). The largest absolute Gasteiger partial charge is 0.659 e. The predicted molar refractivity (Wildman–Crippen MR) is 15.1 cm³/mol. The van der Waals surface area contributed by atoms with E-state index >= 15 is 0 Å². The van der Waals surface area contributed by atoms with Crippen molar-refractivity contribution in [2.45, 2.75) is 0 Å². The van der Waals surface area contributed by atoms with Crippen molar-refractivity contribution in [1.29, 1.82) is 0 Å². The summed E-state index contributed by atoms with van der Waals surface area (Å²) in [7, 11) is 0. The number of carboxylic acid groups (broad SMARTS) is 1. The van der Waals surface area contributed by atoms with Crippen LogP contribution in [0.15, 0.2) is 0 Å². The highest BCUT2D eigenvalue weighted by molar-refractivity contribution is 5.55. The van der Waals surface area contributed by atoms with Gasteiger partial charge in [0.2, 0.25) is 0 Å². The van der Waals surface area contributed by atoms with Crippen molar-refractivity contribution >= 4 is 6.16 Å². The first kappa shape index (κ1) is 8.95. The maximum Gasteiger partial charge on any atom is 0.499 e. The van der Waals surface area contributed by atoms with E-state index in [1.165, 1.54) is 0 Å². The van der Waals surface area contributed by atoms with E-state index in [1.807, 2.05) is 0 Å². The summed E-state index contributed by atoms with van der Waals surface area (Å²) in [5.74, 6) is 0. The molecule has 0 aromatic carbocycles. The Kier molecular flexibility index (Phi) is 6.25. The molecule has 0 aliphatic carbocycles. The van der Waals surface area contributed by atoms with E-state index in [2.05, 4.69) is 4.89 Å². The Bertz CT molecular complexity index is 42.8. The second-order valence-electron chi connectivity index (χ2n) is 0.349. The third-order valence-corrected chi connectivity index (χ3v) is 0.0713. The van der Waals surface area contributed by atoms with Gasteiger partial charge in [0, 0.05) is 0 Å². The highest BCUT2D eigenvalue weighted by atomic mass is 17.1. The van der Waals surface area contributed by atoms with E-state index in [0.29, 0.717) is 0 Å². The van der Waals surface area contributed by atoms with Gasteiger partial charge in [-0.05, 0) is 0 Å². The molecule has 0 saturated heterocycles. The van der Waals surface area contributed by atoms with Crippen LogP contribution < -0.4 is 11.4 Å². The predicted octanol–water partition coefficient (Wildman–Crippen LogP) is -0.668. The number of quaternary nitrogens is 1. The Hall–Kier alpha value is -0.810. The zero-order valence-corrected chi connectivity index (χ0v) is 3.17. The van der Waals surface area contributed by atoms with E-state index in [0.717, 1.165) is 0 Å². The summed E-state index contributed by atoms with van der Waals surface area (Å²) in [6.07, 6.45) is -1.80. The van der Waals surface area contributed by atoms with Crippen LogP contribution in [0.1, 0.15) is 0 Å². The maximum atomic E-state index is 8.83. The highest BCUT2D eigenvalue weighted by Gasteiger charge is 1.76. The van der Waals surface area contributed by atoms with E-state index < -0.39 is 6.16 Å². The Morgan fingerprint density at radius 3 is 2.00 bits per heavy atom. The molecular formula is CH5NO4. The second kappa shape index (κ2) is 4.19. The lowest BCUT2D eigenvalue weighted by molar-refractivity contribution is -0.657. The highest BCUT2D eigenvalue weighted by Crippen LogP contribution is 1.54. The van der Waals surface area contributed by atoms with Crippen LogP contribution in [0.3, 0.4) is 0 Å². The zero-order valence-electron chi connectivity index (χ0n) is 3.17. The molecule has 0 atom stereocenters. The van der Waals surface area contributed by atoms with Gasteiger partial charge in [0.25, 0.3) is 0 Å². The minimum atomic E-state index is -1.80. The summed E-state index contributed by atoms with van der Waals surface area (Å²) in [5.41, 5.74) is 0. The van der Waals surface area contributed by atoms with Crippen molar-refractivity contribution in [2.75, 3.05) is 0 Å². The molecule has 0 unspecified atom stereocenters. The molecule has 0 amide bonds. The van der Waals surface area contributed by atoms with E-state index in [4.69, 9.17) is 15.2 Å². The van der Waals surface area contributed by atoms with Crippen molar-refractivity contribution in [1.82, 2.24) is 6.15 Å². The average Bonchev–Trinajstić information content (AvgIpc) is 1.38. The van der Waals surface area contributed by atoms with Crippen LogP contribution in [0.4, 0.5) is 4.79 Å². The van der Waals surface area contributed by atoms with E-state index in [1.54, 1.807) is 0 Å². The third kappa shape index (κ3) is 10.8. The van der Waals surface area contributed by atoms with Crippen molar-refractivity contribution in [3.8, 4) is 0 Å². The first-order valence-electron chi connectivity index (χ1n) is 0.799. The summed E-state index contributed by atoms with van der Waals surface area (Å²) in [5, 5.41) is 15.7. The molecule has 0 aromatic rings. The van der Waals surface area contributed by atoms with Crippen LogP contribution in [-0.4, -0.2) is 11.3 Å². The fraction of sp³-hybridized carbons (Fsp3) is 0.